The van der Waals surface area contributed by atoms with E-state index >= 15 is 0 Å². The lowest BCUT2D eigenvalue weighted by Crippen LogP contribution is -1.85. The van der Waals surface area contributed by atoms with Crippen LogP contribution >= 0.6 is 11.8 Å². The molecule has 0 bridgehead atoms. The van der Waals surface area contributed by atoms with Crippen molar-refractivity contribution in [3.63, 3.8) is 0 Å². The predicted molar refractivity (Wildman–Crippen MR) is 58.3 cm³/mol. The van der Waals surface area contributed by atoms with Crippen LogP contribution in [0.4, 0.5) is 0 Å². The van der Waals surface area contributed by atoms with Crippen molar-refractivity contribution in [1.29, 1.82) is 5.26 Å². The van der Waals surface area contributed by atoms with Crippen molar-refractivity contribution in [1.82, 2.24) is 0 Å². The molecule has 3 heteroatoms. The van der Waals surface area contributed by atoms with E-state index in [1.807, 2.05) is 35.7 Å². The normalized spacial score (nSPS) is 11.4. The smallest absolute Gasteiger partial charge is 0.146 e. The molecule has 0 aliphatic heterocycles. The van der Waals surface area contributed by atoms with Crippen molar-refractivity contribution in [2.24, 2.45) is 0 Å². The molecule has 2 nitrogen and oxygen atoms in total. The minimum Gasteiger partial charge on any atom is -0.298 e. The van der Waals surface area contributed by atoms with Crippen molar-refractivity contribution in [3.05, 3.63) is 41.5 Å². The standard InChI is InChI=1S/C11H9NOS/c1-9(7-13)11(14-8-12)10-5-3-2-4-6-10/h2-7H,1H3/b11-9-. The lowest BCUT2D eigenvalue weighted by Gasteiger charge is -2.03. The quantitative estimate of drug-likeness (QED) is 0.431. The molecule has 1 aromatic carbocycles. The van der Waals surface area contributed by atoms with E-state index in [2.05, 4.69) is 0 Å². The molecule has 0 saturated heterocycles. The Hall–Kier alpha value is -1.53. The van der Waals surface area contributed by atoms with Crippen molar-refractivity contribution in [3.8, 4) is 5.40 Å². The van der Waals surface area contributed by atoms with Gasteiger partial charge in [-0.2, -0.15) is 5.26 Å². The first-order valence-corrected chi connectivity index (χ1v) is 4.88. The Morgan fingerprint density at radius 1 is 1.43 bits per heavy atom. The molecule has 0 spiro atoms. The van der Waals surface area contributed by atoms with E-state index in [0.29, 0.717) is 5.57 Å². The van der Waals surface area contributed by atoms with Gasteiger partial charge in [0.2, 0.25) is 0 Å². The van der Waals surface area contributed by atoms with Gasteiger partial charge >= 0.3 is 0 Å². The first-order chi connectivity index (χ1) is 6.79. The molecule has 0 aliphatic carbocycles. The molecule has 0 N–H and O–H groups in total. The Kier molecular flexibility index (Phi) is 3.96. The van der Waals surface area contributed by atoms with Crippen LogP contribution in [0.25, 0.3) is 4.91 Å². The number of thiocyanates is 1. The highest BCUT2D eigenvalue weighted by Crippen LogP contribution is 2.28. The average Bonchev–Trinajstić information content (AvgIpc) is 2.26. The summed E-state index contributed by atoms with van der Waals surface area (Å²) in [5, 5.41) is 10.6. The van der Waals surface area contributed by atoms with Crippen molar-refractivity contribution in [2.75, 3.05) is 0 Å². The van der Waals surface area contributed by atoms with Gasteiger partial charge in [-0.15, -0.1) is 0 Å². The molecule has 0 amide bonds. The number of rotatable bonds is 3. The highest BCUT2D eigenvalue weighted by atomic mass is 32.2. The second-order valence-corrected chi connectivity index (χ2v) is 3.48. The number of thioether (sulfide) groups is 1. The number of carbonyl (C=O) groups excluding carboxylic acids is 1. The molecule has 0 atom stereocenters. The monoisotopic (exact) mass is 203 g/mol. The summed E-state index contributed by atoms with van der Waals surface area (Å²) in [6.45, 7) is 1.71. The highest BCUT2D eigenvalue weighted by molar-refractivity contribution is 8.12. The third-order valence-electron chi connectivity index (χ3n) is 1.72. The summed E-state index contributed by atoms with van der Waals surface area (Å²) in [4.78, 5) is 11.3. The summed E-state index contributed by atoms with van der Waals surface area (Å²) in [6.07, 6.45) is 0.771. The molecular weight excluding hydrogens is 194 g/mol. The summed E-state index contributed by atoms with van der Waals surface area (Å²) >= 11 is 1.02. The minimum atomic E-state index is 0.586. The summed E-state index contributed by atoms with van der Waals surface area (Å²) < 4.78 is 0. The van der Waals surface area contributed by atoms with Gasteiger partial charge in [0.25, 0.3) is 0 Å². The van der Waals surface area contributed by atoms with Crippen LogP contribution < -0.4 is 0 Å². The fourth-order valence-electron chi connectivity index (χ4n) is 1.06. The molecule has 0 fully saturated rings. The third-order valence-corrected chi connectivity index (χ3v) is 2.57. The molecule has 1 rings (SSSR count). The summed E-state index contributed by atoms with van der Waals surface area (Å²) in [5.74, 6) is 0. The number of allylic oxidation sites excluding steroid dienone is 1. The lowest BCUT2D eigenvalue weighted by atomic mass is 10.1. The molecule has 0 aromatic heterocycles. The van der Waals surface area contributed by atoms with Gasteiger partial charge in [-0.05, 0) is 24.2 Å². The number of carbonyl (C=O) groups is 1. The number of nitrogens with zero attached hydrogens (tertiary/aromatic N) is 1. The van der Waals surface area contributed by atoms with E-state index in [0.717, 1.165) is 28.5 Å². The zero-order valence-corrected chi connectivity index (χ0v) is 8.54. The maximum Gasteiger partial charge on any atom is 0.146 e. The van der Waals surface area contributed by atoms with E-state index in [1.54, 1.807) is 6.92 Å². The Labute approximate surface area is 87.2 Å². The fourth-order valence-corrected chi connectivity index (χ4v) is 1.61. The summed E-state index contributed by atoms with van der Waals surface area (Å²) in [7, 11) is 0. The highest BCUT2D eigenvalue weighted by Gasteiger charge is 2.05. The van der Waals surface area contributed by atoms with Crippen LogP contribution in [0.15, 0.2) is 35.9 Å². The van der Waals surface area contributed by atoms with Crippen LogP contribution in [-0.2, 0) is 4.79 Å². The lowest BCUT2D eigenvalue weighted by molar-refractivity contribution is -0.104. The Morgan fingerprint density at radius 2 is 2.07 bits per heavy atom. The maximum absolute atomic E-state index is 10.6. The molecule has 0 saturated carbocycles. The van der Waals surface area contributed by atoms with Crippen molar-refractivity contribution >= 4 is 23.0 Å². The molecular formula is C11H9NOS. The van der Waals surface area contributed by atoms with E-state index < -0.39 is 0 Å². The zero-order valence-electron chi connectivity index (χ0n) is 7.73. The van der Waals surface area contributed by atoms with E-state index in [1.165, 1.54) is 0 Å². The van der Waals surface area contributed by atoms with Gasteiger partial charge < -0.3 is 0 Å². The van der Waals surface area contributed by atoms with Gasteiger partial charge in [-0.1, -0.05) is 30.3 Å². The number of benzene rings is 1. The first-order valence-electron chi connectivity index (χ1n) is 4.07. The average molecular weight is 203 g/mol. The van der Waals surface area contributed by atoms with E-state index in [-0.39, 0.29) is 0 Å². The van der Waals surface area contributed by atoms with Gasteiger partial charge in [0.05, 0.1) is 0 Å². The minimum absolute atomic E-state index is 0.586. The molecule has 1 aromatic rings. The van der Waals surface area contributed by atoms with Crippen LogP contribution in [0.2, 0.25) is 0 Å². The van der Waals surface area contributed by atoms with Crippen molar-refractivity contribution < 1.29 is 4.79 Å². The van der Waals surface area contributed by atoms with E-state index in [9.17, 15) is 4.79 Å². The van der Waals surface area contributed by atoms with Crippen LogP contribution in [-0.4, -0.2) is 6.29 Å². The van der Waals surface area contributed by atoms with Crippen LogP contribution in [0.5, 0.6) is 0 Å². The zero-order chi connectivity index (χ0) is 10.4. The van der Waals surface area contributed by atoms with E-state index in [4.69, 9.17) is 5.26 Å². The molecule has 0 unspecified atom stereocenters. The molecule has 70 valence electrons. The topological polar surface area (TPSA) is 40.9 Å². The molecule has 14 heavy (non-hydrogen) atoms. The van der Waals surface area contributed by atoms with Gasteiger partial charge in [0.1, 0.15) is 11.7 Å². The number of aldehydes is 1. The molecule has 0 heterocycles. The third kappa shape index (κ3) is 2.48. The fraction of sp³-hybridized carbons (Fsp3) is 0.0909. The maximum atomic E-state index is 10.6. The number of hydrogen-bond acceptors (Lipinski definition) is 3. The SMILES string of the molecule is C/C(C=O)=C(/SC#N)c1ccccc1. The molecule has 0 aliphatic rings. The second-order valence-electron chi connectivity index (χ2n) is 2.69. The van der Waals surface area contributed by atoms with Gasteiger partial charge in [-0.3, -0.25) is 4.79 Å². The second kappa shape index (κ2) is 5.25. The summed E-state index contributed by atoms with van der Waals surface area (Å²) in [6, 6.07) is 9.42. The largest absolute Gasteiger partial charge is 0.298 e. The predicted octanol–water partition coefficient (Wildman–Crippen LogP) is 2.83. The number of nitriles is 1. The Balaban J connectivity index is 3.15. The van der Waals surface area contributed by atoms with Gasteiger partial charge in [-0.25, -0.2) is 0 Å². The van der Waals surface area contributed by atoms with Crippen molar-refractivity contribution in [2.45, 2.75) is 6.92 Å². The van der Waals surface area contributed by atoms with Gasteiger partial charge in [0, 0.05) is 10.5 Å². The Morgan fingerprint density at radius 3 is 2.57 bits per heavy atom. The van der Waals surface area contributed by atoms with Gasteiger partial charge in [0.15, 0.2) is 0 Å². The van der Waals surface area contributed by atoms with Crippen LogP contribution in [0, 0.1) is 10.7 Å². The van der Waals surface area contributed by atoms with Crippen LogP contribution in [0.3, 0.4) is 0 Å². The molecule has 0 radical (unpaired) electrons. The number of hydrogen-bond donors (Lipinski definition) is 0. The Bertz CT molecular complexity index is 389. The van der Waals surface area contributed by atoms with Crippen LogP contribution in [0.1, 0.15) is 12.5 Å². The first kappa shape index (κ1) is 10.6. The summed E-state index contributed by atoms with van der Waals surface area (Å²) in [5.41, 5.74) is 1.49.